The van der Waals surface area contributed by atoms with Crippen molar-refractivity contribution in [1.29, 1.82) is 0 Å². The van der Waals surface area contributed by atoms with E-state index in [9.17, 15) is 9.90 Å². The molecular formula is C17H30N2O2S. The summed E-state index contributed by atoms with van der Waals surface area (Å²) in [4.78, 5) is 15.1. The van der Waals surface area contributed by atoms with Crippen LogP contribution in [0.15, 0.2) is 0 Å². The fourth-order valence-corrected chi connectivity index (χ4v) is 5.38. The zero-order valence-corrected chi connectivity index (χ0v) is 14.4. The van der Waals surface area contributed by atoms with Gasteiger partial charge in [0.1, 0.15) is 0 Å². The standard InChI is InChI=1S/C17H30N2O2S/c20-15-6-4-5-14(15)16(21)18-13-17(7-2-1-3-8-17)19-9-11-22-12-10-19/h14-15,20H,1-13H2,(H,18,21). The summed E-state index contributed by atoms with van der Waals surface area (Å²) in [6, 6.07) is 0. The van der Waals surface area contributed by atoms with E-state index in [0.717, 1.165) is 38.9 Å². The second-order valence-corrected chi connectivity index (χ2v) is 8.43. The number of thioether (sulfide) groups is 1. The zero-order valence-electron chi connectivity index (χ0n) is 13.6. The second-order valence-electron chi connectivity index (χ2n) is 7.21. The minimum absolute atomic E-state index is 0.0846. The molecule has 5 heteroatoms. The third kappa shape index (κ3) is 3.62. The highest BCUT2D eigenvalue weighted by atomic mass is 32.2. The van der Waals surface area contributed by atoms with Crippen LogP contribution in [0.2, 0.25) is 0 Å². The van der Waals surface area contributed by atoms with Crippen LogP contribution in [0.5, 0.6) is 0 Å². The molecule has 2 N–H and O–H groups in total. The first-order valence-corrected chi connectivity index (χ1v) is 10.2. The van der Waals surface area contributed by atoms with Gasteiger partial charge in [0.2, 0.25) is 5.91 Å². The van der Waals surface area contributed by atoms with Crippen LogP contribution >= 0.6 is 11.8 Å². The van der Waals surface area contributed by atoms with E-state index in [1.54, 1.807) is 0 Å². The zero-order chi connectivity index (χ0) is 15.4. The molecule has 0 aromatic rings. The SMILES string of the molecule is O=C(NCC1(N2CCSCC2)CCCCC1)C1CCCC1O. The van der Waals surface area contributed by atoms with Crippen molar-refractivity contribution in [3.05, 3.63) is 0 Å². The first-order valence-electron chi connectivity index (χ1n) is 9.00. The molecular weight excluding hydrogens is 296 g/mol. The first-order chi connectivity index (χ1) is 10.7. The van der Waals surface area contributed by atoms with Gasteiger partial charge in [0.05, 0.1) is 12.0 Å². The van der Waals surface area contributed by atoms with Gasteiger partial charge in [0, 0.05) is 36.7 Å². The Morgan fingerprint density at radius 3 is 2.50 bits per heavy atom. The van der Waals surface area contributed by atoms with Crippen LogP contribution in [0, 0.1) is 5.92 Å². The number of carbonyl (C=O) groups is 1. The summed E-state index contributed by atoms with van der Waals surface area (Å²) in [7, 11) is 0. The molecule has 2 atom stereocenters. The summed E-state index contributed by atoms with van der Waals surface area (Å²) in [5.41, 5.74) is 0.179. The molecule has 1 heterocycles. The Bertz CT molecular complexity index is 379. The average molecular weight is 327 g/mol. The normalized spacial score (nSPS) is 32.8. The maximum atomic E-state index is 12.4. The van der Waals surface area contributed by atoms with Crippen molar-refractivity contribution in [2.45, 2.75) is 63.0 Å². The molecule has 2 unspecified atom stereocenters. The third-order valence-electron chi connectivity index (χ3n) is 5.87. The lowest BCUT2D eigenvalue weighted by Crippen LogP contribution is -2.59. The molecule has 0 spiro atoms. The Kier molecular flexibility index (Phi) is 5.69. The Balaban J connectivity index is 1.61. The van der Waals surface area contributed by atoms with Crippen molar-refractivity contribution in [2.75, 3.05) is 31.1 Å². The molecule has 126 valence electrons. The van der Waals surface area contributed by atoms with Crippen LogP contribution in [0.3, 0.4) is 0 Å². The predicted octanol–water partition coefficient (Wildman–Crippen LogP) is 2.02. The number of hydrogen-bond acceptors (Lipinski definition) is 4. The number of aliphatic hydroxyl groups excluding tert-OH is 1. The van der Waals surface area contributed by atoms with Gasteiger partial charge in [-0.15, -0.1) is 0 Å². The van der Waals surface area contributed by atoms with Crippen molar-refractivity contribution in [2.24, 2.45) is 5.92 Å². The van der Waals surface area contributed by atoms with Crippen LogP contribution in [0.25, 0.3) is 0 Å². The van der Waals surface area contributed by atoms with Crippen LogP contribution < -0.4 is 5.32 Å². The molecule has 3 aliphatic rings. The molecule has 4 nitrogen and oxygen atoms in total. The first kappa shape index (κ1) is 16.6. The van der Waals surface area contributed by atoms with Crippen LogP contribution in [-0.4, -0.2) is 58.7 Å². The lowest BCUT2D eigenvalue weighted by atomic mass is 9.79. The van der Waals surface area contributed by atoms with E-state index in [1.165, 1.54) is 43.6 Å². The summed E-state index contributed by atoms with van der Waals surface area (Å²) in [6.07, 6.45) is 8.52. The van der Waals surface area contributed by atoms with Crippen LogP contribution in [0.1, 0.15) is 51.4 Å². The van der Waals surface area contributed by atoms with Crippen LogP contribution in [0.4, 0.5) is 0 Å². The lowest BCUT2D eigenvalue weighted by molar-refractivity contribution is -0.128. The highest BCUT2D eigenvalue weighted by Gasteiger charge is 2.40. The molecule has 0 aromatic carbocycles. The van der Waals surface area contributed by atoms with Crippen molar-refractivity contribution in [3.8, 4) is 0 Å². The summed E-state index contributed by atoms with van der Waals surface area (Å²) in [5.74, 6) is 2.35. The van der Waals surface area contributed by atoms with Gasteiger partial charge in [-0.3, -0.25) is 9.69 Å². The van der Waals surface area contributed by atoms with E-state index in [1.807, 2.05) is 11.8 Å². The molecule has 1 amide bonds. The van der Waals surface area contributed by atoms with Gasteiger partial charge < -0.3 is 10.4 Å². The van der Waals surface area contributed by atoms with Crippen molar-refractivity contribution >= 4 is 17.7 Å². The molecule has 0 bridgehead atoms. The molecule has 3 fully saturated rings. The number of nitrogens with one attached hydrogen (secondary N) is 1. The molecule has 3 rings (SSSR count). The average Bonchev–Trinajstić information content (AvgIpc) is 3.00. The molecule has 1 saturated heterocycles. The Labute approximate surface area is 138 Å². The van der Waals surface area contributed by atoms with Gasteiger partial charge >= 0.3 is 0 Å². The summed E-state index contributed by atoms with van der Waals surface area (Å²) >= 11 is 2.04. The third-order valence-corrected chi connectivity index (χ3v) is 6.82. The summed E-state index contributed by atoms with van der Waals surface area (Å²) < 4.78 is 0. The number of hydrogen-bond donors (Lipinski definition) is 2. The molecule has 0 aromatic heterocycles. The number of carbonyl (C=O) groups excluding carboxylic acids is 1. The Morgan fingerprint density at radius 2 is 1.86 bits per heavy atom. The smallest absolute Gasteiger partial charge is 0.225 e. The van der Waals surface area contributed by atoms with E-state index in [-0.39, 0.29) is 17.4 Å². The number of nitrogens with zero attached hydrogens (tertiary/aromatic N) is 1. The van der Waals surface area contributed by atoms with E-state index in [0.29, 0.717) is 0 Å². The molecule has 22 heavy (non-hydrogen) atoms. The summed E-state index contributed by atoms with van der Waals surface area (Å²) in [5, 5.41) is 13.2. The van der Waals surface area contributed by atoms with Gasteiger partial charge in [-0.2, -0.15) is 11.8 Å². The Hall–Kier alpha value is -0.260. The van der Waals surface area contributed by atoms with Gasteiger partial charge in [0.25, 0.3) is 0 Å². The van der Waals surface area contributed by atoms with Gasteiger partial charge in [0.15, 0.2) is 0 Å². The van der Waals surface area contributed by atoms with Crippen LogP contribution in [-0.2, 0) is 4.79 Å². The minimum atomic E-state index is -0.423. The van der Waals surface area contributed by atoms with Gasteiger partial charge in [-0.05, 0) is 32.1 Å². The van der Waals surface area contributed by atoms with Gasteiger partial charge in [-0.1, -0.05) is 19.3 Å². The molecule has 0 radical (unpaired) electrons. The number of rotatable bonds is 4. The van der Waals surface area contributed by atoms with E-state index < -0.39 is 6.10 Å². The maximum absolute atomic E-state index is 12.4. The number of amides is 1. The monoisotopic (exact) mass is 326 g/mol. The fourth-order valence-electron chi connectivity index (χ4n) is 4.48. The largest absolute Gasteiger partial charge is 0.392 e. The van der Waals surface area contributed by atoms with E-state index >= 15 is 0 Å². The minimum Gasteiger partial charge on any atom is -0.392 e. The molecule has 2 saturated carbocycles. The van der Waals surface area contributed by atoms with Crippen molar-refractivity contribution in [3.63, 3.8) is 0 Å². The lowest BCUT2D eigenvalue weighted by Gasteiger charge is -2.48. The quantitative estimate of drug-likeness (QED) is 0.830. The van der Waals surface area contributed by atoms with E-state index in [4.69, 9.17) is 0 Å². The summed E-state index contributed by atoms with van der Waals surface area (Å²) in [6.45, 7) is 3.10. The molecule has 1 aliphatic heterocycles. The van der Waals surface area contributed by atoms with Crippen molar-refractivity contribution < 1.29 is 9.90 Å². The van der Waals surface area contributed by atoms with Gasteiger partial charge in [-0.25, -0.2) is 0 Å². The number of aliphatic hydroxyl groups is 1. The molecule has 2 aliphatic carbocycles. The fraction of sp³-hybridized carbons (Fsp3) is 0.941. The maximum Gasteiger partial charge on any atom is 0.225 e. The second kappa shape index (κ2) is 7.54. The predicted molar refractivity (Wildman–Crippen MR) is 91.1 cm³/mol. The highest BCUT2D eigenvalue weighted by Crippen LogP contribution is 2.35. The highest BCUT2D eigenvalue weighted by molar-refractivity contribution is 7.99. The topological polar surface area (TPSA) is 52.6 Å². The Morgan fingerprint density at radius 1 is 1.14 bits per heavy atom. The van der Waals surface area contributed by atoms with E-state index in [2.05, 4.69) is 10.2 Å². The van der Waals surface area contributed by atoms with Crippen molar-refractivity contribution in [1.82, 2.24) is 10.2 Å².